The van der Waals surface area contributed by atoms with E-state index in [1.807, 2.05) is 47.9 Å². The van der Waals surface area contributed by atoms with Gasteiger partial charge in [0.15, 0.2) is 0 Å². The van der Waals surface area contributed by atoms with Crippen molar-refractivity contribution >= 4 is 23.2 Å². The molecule has 2 atom stereocenters. The fraction of sp³-hybridized carbons (Fsp3) is 0.364. The molecule has 2 amide bonds. The van der Waals surface area contributed by atoms with Crippen molar-refractivity contribution in [3.05, 3.63) is 64.4 Å². The van der Waals surface area contributed by atoms with Crippen LogP contribution in [0.5, 0.6) is 5.75 Å². The van der Waals surface area contributed by atoms with Gasteiger partial charge in [-0.1, -0.05) is 36.4 Å². The van der Waals surface area contributed by atoms with Crippen LogP contribution in [0.15, 0.2) is 53.9 Å². The first kappa shape index (κ1) is 18.9. The Hall–Kier alpha value is -2.44. The van der Waals surface area contributed by atoms with Gasteiger partial charge in [0, 0.05) is 23.5 Å². The molecule has 1 fully saturated rings. The molecule has 28 heavy (non-hydrogen) atoms. The molecule has 1 saturated heterocycles. The number of rotatable bonds is 7. The zero-order valence-corrected chi connectivity index (χ0v) is 16.7. The lowest BCUT2D eigenvalue weighted by Gasteiger charge is -2.27. The van der Waals surface area contributed by atoms with Gasteiger partial charge in [0.2, 0.25) is 11.8 Å². The van der Waals surface area contributed by atoms with Gasteiger partial charge in [-0.25, -0.2) is 0 Å². The number of allylic oxidation sites excluding steroid dienone is 2. The second-order valence-corrected chi connectivity index (χ2v) is 8.31. The minimum absolute atomic E-state index is 0.0319. The van der Waals surface area contributed by atoms with Crippen LogP contribution in [-0.4, -0.2) is 35.4 Å². The number of nitrogens with zero attached hydrogens (tertiary/aromatic N) is 2. The molecule has 1 aromatic carbocycles. The maximum absolute atomic E-state index is 12.9. The normalized spacial score (nSPS) is 21.4. The van der Waals surface area contributed by atoms with Crippen molar-refractivity contribution in [1.82, 2.24) is 9.80 Å². The number of likely N-dealkylation sites (tertiary alicyclic amines) is 1. The number of hydrogen-bond donors (Lipinski definition) is 0. The summed E-state index contributed by atoms with van der Waals surface area (Å²) in [5.74, 6) is 0.376. The number of carbonyl (C=O) groups excluding carboxylic acids is 2. The number of hydrogen-bond acceptors (Lipinski definition) is 5. The number of para-hydroxylation sites is 1. The third-order valence-corrected chi connectivity index (χ3v) is 6.35. The average Bonchev–Trinajstić information content (AvgIpc) is 3.31. The first-order valence-electron chi connectivity index (χ1n) is 9.54. The summed E-state index contributed by atoms with van der Waals surface area (Å²) in [6.07, 6.45) is 5.38. The Kier molecular flexibility index (Phi) is 5.59. The Morgan fingerprint density at radius 3 is 2.39 bits per heavy atom. The highest BCUT2D eigenvalue weighted by atomic mass is 32.1. The van der Waals surface area contributed by atoms with E-state index < -0.39 is 0 Å². The van der Waals surface area contributed by atoms with Crippen LogP contribution in [0.4, 0.5) is 0 Å². The van der Waals surface area contributed by atoms with Crippen LogP contribution in [0.3, 0.4) is 0 Å². The quantitative estimate of drug-likeness (QED) is 0.529. The summed E-state index contributed by atoms with van der Waals surface area (Å²) in [5.41, 5.74) is 1.04. The first-order valence-corrected chi connectivity index (χ1v) is 10.4. The SMILES string of the molecule is COc1ccccc1CN(Cc1cccs1)CN1C(=O)[C@H]2CC=CC[C@H]2C1=O. The predicted molar refractivity (Wildman–Crippen MR) is 109 cm³/mol. The van der Waals surface area contributed by atoms with Crippen molar-refractivity contribution in [2.75, 3.05) is 13.8 Å². The van der Waals surface area contributed by atoms with Crippen molar-refractivity contribution in [2.24, 2.45) is 11.8 Å². The highest BCUT2D eigenvalue weighted by molar-refractivity contribution is 7.09. The summed E-state index contributed by atoms with van der Waals surface area (Å²) in [5, 5.41) is 2.04. The van der Waals surface area contributed by atoms with E-state index in [0.717, 1.165) is 11.3 Å². The Balaban J connectivity index is 1.55. The Labute approximate surface area is 169 Å². The molecule has 1 aromatic heterocycles. The molecule has 0 bridgehead atoms. The second-order valence-electron chi connectivity index (χ2n) is 7.28. The molecule has 0 spiro atoms. The molecule has 6 heteroatoms. The first-order chi connectivity index (χ1) is 13.7. The molecule has 0 unspecified atom stereocenters. The van der Waals surface area contributed by atoms with Crippen LogP contribution in [0.1, 0.15) is 23.3 Å². The fourth-order valence-electron chi connectivity index (χ4n) is 4.06. The molecule has 1 aliphatic carbocycles. The number of carbonyl (C=O) groups is 2. The number of ether oxygens (including phenoxy) is 1. The maximum atomic E-state index is 12.9. The highest BCUT2D eigenvalue weighted by Crippen LogP contribution is 2.35. The summed E-state index contributed by atoms with van der Waals surface area (Å²) in [7, 11) is 1.66. The fourth-order valence-corrected chi connectivity index (χ4v) is 4.81. The number of methoxy groups -OCH3 is 1. The third-order valence-electron chi connectivity index (χ3n) is 5.49. The van der Waals surface area contributed by atoms with Gasteiger partial charge in [-0.2, -0.15) is 0 Å². The number of benzene rings is 1. The summed E-state index contributed by atoms with van der Waals surface area (Å²) >= 11 is 1.68. The molecule has 0 N–H and O–H groups in total. The van der Waals surface area contributed by atoms with Gasteiger partial charge in [-0.05, 0) is 30.4 Å². The number of thiophene rings is 1. The van der Waals surface area contributed by atoms with E-state index in [9.17, 15) is 9.59 Å². The van der Waals surface area contributed by atoms with Crippen LogP contribution in [-0.2, 0) is 22.7 Å². The van der Waals surface area contributed by atoms with Crippen LogP contribution in [0.2, 0.25) is 0 Å². The zero-order valence-electron chi connectivity index (χ0n) is 15.9. The van der Waals surface area contributed by atoms with Crippen molar-refractivity contribution in [2.45, 2.75) is 25.9 Å². The molecule has 5 nitrogen and oxygen atoms in total. The summed E-state index contributed by atoms with van der Waals surface area (Å²) < 4.78 is 5.49. The van der Waals surface area contributed by atoms with E-state index in [0.29, 0.717) is 32.6 Å². The predicted octanol–water partition coefficient (Wildman–Crippen LogP) is 3.67. The lowest BCUT2D eigenvalue weighted by molar-refractivity contribution is -0.142. The van der Waals surface area contributed by atoms with Gasteiger partial charge in [0.1, 0.15) is 5.75 Å². The van der Waals surface area contributed by atoms with Gasteiger partial charge >= 0.3 is 0 Å². The van der Waals surface area contributed by atoms with Crippen molar-refractivity contribution in [3.63, 3.8) is 0 Å². The third kappa shape index (κ3) is 3.75. The molecule has 2 aromatic rings. The molecule has 4 rings (SSSR count). The summed E-state index contributed by atoms with van der Waals surface area (Å²) in [6.45, 7) is 1.59. The largest absolute Gasteiger partial charge is 0.496 e. The molecule has 0 radical (unpaired) electrons. The second kappa shape index (κ2) is 8.29. The van der Waals surface area contributed by atoms with Crippen LogP contribution in [0.25, 0.3) is 0 Å². The van der Waals surface area contributed by atoms with Gasteiger partial charge in [-0.15, -0.1) is 11.3 Å². The average molecular weight is 397 g/mol. The molecular weight excluding hydrogens is 372 g/mol. The van der Waals surface area contributed by atoms with Crippen molar-refractivity contribution in [1.29, 1.82) is 0 Å². The molecular formula is C22H24N2O3S. The van der Waals surface area contributed by atoms with Gasteiger partial charge < -0.3 is 4.74 Å². The van der Waals surface area contributed by atoms with Crippen LogP contribution < -0.4 is 4.74 Å². The number of fused-ring (bicyclic) bond motifs is 1. The van der Waals surface area contributed by atoms with Crippen molar-refractivity contribution < 1.29 is 14.3 Å². The van der Waals surface area contributed by atoms with E-state index in [-0.39, 0.29) is 23.7 Å². The minimum Gasteiger partial charge on any atom is -0.496 e. The summed E-state index contributed by atoms with van der Waals surface area (Å²) in [4.78, 5) is 30.6. The van der Waals surface area contributed by atoms with Gasteiger partial charge in [-0.3, -0.25) is 19.4 Å². The zero-order chi connectivity index (χ0) is 19.5. The Bertz CT molecular complexity index is 852. The Morgan fingerprint density at radius 1 is 1.04 bits per heavy atom. The van der Waals surface area contributed by atoms with E-state index in [2.05, 4.69) is 11.0 Å². The lowest BCUT2D eigenvalue weighted by Crippen LogP contribution is -2.41. The van der Waals surface area contributed by atoms with E-state index in [1.54, 1.807) is 18.4 Å². The topological polar surface area (TPSA) is 49.9 Å². The molecule has 1 aliphatic heterocycles. The maximum Gasteiger partial charge on any atom is 0.234 e. The Morgan fingerprint density at radius 2 is 1.75 bits per heavy atom. The number of imide groups is 1. The standard InChI is InChI=1S/C22H24N2O3S/c1-27-20-11-5-2-7-16(20)13-23(14-17-8-6-12-28-17)15-24-21(25)18-9-3-4-10-19(18)22(24)26/h2-8,11-12,18-19H,9-10,13-15H2,1H3/t18-,19+. The smallest absolute Gasteiger partial charge is 0.234 e. The van der Waals surface area contributed by atoms with E-state index in [4.69, 9.17) is 4.74 Å². The summed E-state index contributed by atoms with van der Waals surface area (Å²) in [6, 6.07) is 12.0. The monoisotopic (exact) mass is 396 g/mol. The van der Waals surface area contributed by atoms with E-state index >= 15 is 0 Å². The van der Waals surface area contributed by atoms with Crippen LogP contribution in [0, 0.1) is 11.8 Å². The van der Waals surface area contributed by atoms with Gasteiger partial charge in [0.25, 0.3) is 0 Å². The molecule has 2 aliphatic rings. The van der Waals surface area contributed by atoms with Gasteiger partial charge in [0.05, 0.1) is 25.6 Å². The molecule has 146 valence electrons. The number of amides is 2. The molecule has 2 heterocycles. The molecule has 0 saturated carbocycles. The lowest BCUT2D eigenvalue weighted by atomic mass is 9.85. The highest BCUT2D eigenvalue weighted by Gasteiger charge is 2.47. The minimum atomic E-state index is -0.188. The van der Waals surface area contributed by atoms with Crippen molar-refractivity contribution in [3.8, 4) is 5.75 Å². The van der Waals surface area contributed by atoms with Crippen LogP contribution >= 0.6 is 11.3 Å². The van der Waals surface area contributed by atoms with E-state index in [1.165, 1.54) is 9.78 Å².